The SMILES string of the molecule is Cc1ccc(-c2cc(C(=O)N3CCN(Cc4ccc(F)cc4)CC3)no2)cc1. The van der Waals surface area contributed by atoms with Crippen molar-refractivity contribution < 1.29 is 13.7 Å². The van der Waals surface area contributed by atoms with E-state index in [0.29, 0.717) is 24.5 Å². The zero-order chi connectivity index (χ0) is 19.5. The summed E-state index contributed by atoms with van der Waals surface area (Å²) in [6.07, 6.45) is 0. The van der Waals surface area contributed by atoms with Crippen molar-refractivity contribution in [3.63, 3.8) is 0 Å². The number of benzene rings is 2. The van der Waals surface area contributed by atoms with E-state index in [2.05, 4.69) is 10.1 Å². The third kappa shape index (κ3) is 4.12. The summed E-state index contributed by atoms with van der Waals surface area (Å²) < 4.78 is 18.4. The molecule has 2 aromatic carbocycles. The minimum Gasteiger partial charge on any atom is -0.355 e. The second-order valence-corrected chi connectivity index (χ2v) is 7.14. The Morgan fingerprint density at radius 3 is 2.39 bits per heavy atom. The number of halogens is 1. The van der Waals surface area contributed by atoms with E-state index in [-0.39, 0.29) is 11.7 Å². The highest BCUT2D eigenvalue weighted by atomic mass is 19.1. The lowest BCUT2D eigenvalue weighted by atomic mass is 10.1. The number of piperazine rings is 1. The van der Waals surface area contributed by atoms with E-state index in [1.54, 1.807) is 23.1 Å². The number of carbonyl (C=O) groups is 1. The van der Waals surface area contributed by atoms with Gasteiger partial charge in [-0.2, -0.15) is 0 Å². The van der Waals surface area contributed by atoms with Gasteiger partial charge in [-0.15, -0.1) is 0 Å². The Morgan fingerprint density at radius 2 is 1.71 bits per heavy atom. The van der Waals surface area contributed by atoms with Gasteiger partial charge in [-0.3, -0.25) is 9.69 Å². The standard InChI is InChI=1S/C22H22FN3O2/c1-16-2-6-18(7-3-16)21-14-20(24-28-21)22(27)26-12-10-25(11-13-26)15-17-4-8-19(23)9-5-17/h2-9,14H,10-13,15H2,1H3. The summed E-state index contributed by atoms with van der Waals surface area (Å²) in [5.74, 6) is 0.263. The summed E-state index contributed by atoms with van der Waals surface area (Å²) in [5, 5.41) is 3.97. The van der Waals surface area contributed by atoms with E-state index in [4.69, 9.17) is 4.52 Å². The highest BCUT2D eigenvalue weighted by molar-refractivity contribution is 5.93. The lowest BCUT2D eigenvalue weighted by molar-refractivity contribution is 0.0618. The molecule has 0 N–H and O–H groups in total. The zero-order valence-electron chi connectivity index (χ0n) is 15.8. The van der Waals surface area contributed by atoms with Crippen LogP contribution >= 0.6 is 0 Å². The Morgan fingerprint density at radius 1 is 1.04 bits per heavy atom. The molecule has 1 aromatic heterocycles. The molecular weight excluding hydrogens is 357 g/mol. The van der Waals surface area contributed by atoms with Crippen molar-refractivity contribution in [3.8, 4) is 11.3 Å². The van der Waals surface area contributed by atoms with Crippen molar-refractivity contribution in [2.24, 2.45) is 0 Å². The Labute approximate surface area is 163 Å². The first kappa shape index (κ1) is 18.4. The van der Waals surface area contributed by atoms with Gasteiger partial charge in [0.25, 0.3) is 5.91 Å². The van der Waals surface area contributed by atoms with Crippen LogP contribution in [0.3, 0.4) is 0 Å². The monoisotopic (exact) mass is 379 g/mol. The van der Waals surface area contributed by atoms with Crippen molar-refractivity contribution in [3.05, 3.63) is 77.2 Å². The van der Waals surface area contributed by atoms with Crippen molar-refractivity contribution in [2.45, 2.75) is 13.5 Å². The van der Waals surface area contributed by atoms with Crippen LogP contribution in [0, 0.1) is 12.7 Å². The molecule has 1 saturated heterocycles. The molecule has 1 aliphatic rings. The van der Waals surface area contributed by atoms with Crippen LogP contribution in [0.15, 0.2) is 59.1 Å². The molecule has 3 aromatic rings. The number of aryl methyl sites for hydroxylation is 1. The number of hydrogen-bond acceptors (Lipinski definition) is 4. The number of rotatable bonds is 4. The lowest BCUT2D eigenvalue weighted by Gasteiger charge is -2.34. The van der Waals surface area contributed by atoms with E-state index in [0.717, 1.165) is 36.3 Å². The van der Waals surface area contributed by atoms with Gasteiger partial charge in [0.2, 0.25) is 0 Å². The Hall–Kier alpha value is -2.99. The molecule has 1 amide bonds. The molecule has 2 heterocycles. The lowest BCUT2D eigenvalue weighted by Crippen LogP contribution is -2.48. The van der Waals surface area contributed by atoms with E-state index in [1.807, 2.05) is 31.2 Å². The van der Waals surface area contributed by atoms with Crippen molar-refractivity contribution in [2.75, 3.05) is 26.2 Å². The number of aromatic nitrogens is 1. The van der Waals surface area contributed by atoms with E-state index >= 15 is 0 Å². The maximum atomic E-state index is 13.0. The number of nitrogens with zero attached hydrogens (tertiary/aromatic N) is 3. The average Bonchev–Trinajstić information content (AvgIpc) is 3.20. The van der Waals surface area contributed by atoms with Crippen LogP contribution in [0.1, 0.15) is 21.6 Å². The molecule has 1 aliphatic heterocycles. The second kappa shape index (κ2) is 7.94. The summed E-state index contributed by atoms with van der Waals surface area (Å²) in [4.78, 5) is 16.8. The molecule has 144 valence electrons. The van der Waals surface area contributed by atoms with E-state index in [9.17, 15) is 9.18 Å². The normalized spacial score (nSPS) is 15.0. The molecule has 0 atom stereocenters. The molecule has 0 bridgehead atoms. The van der Waals surface area contributed by atoms with Gasteiger partial charge in [-0.1, -0.05) is 47.1 Å². The van der Waals surface area contributed by atoms with Crippen molar-refractivity contribution in [1.29, 1.82) is 0 Å². The molecule has 0 aliphatic carbocycles. The second-order valence-electron chi connectivity index (χ2n) is 7.14. The molecule has 0 radical (unpaired) electrons. The topological polar surface area (TPSA) is 49.6 Å². The summed E-state index contributed by atoms with van der Waals surface area (Å²) in [5.41, 5.74) is 3.47. The first-order valence-corrected chi connectivity index (χ1v) is 9.38. The van der Waals surface area contributed by atoms with Crippen LogP contribution in [-0.2, 0) is 6.54 Å². The average molecular weight is 379 g/mol. The molecule has 6 heteroatoms. The molecule has 4 rings (SSSR count). The van der Waals surface area contributed by atoms with Crippen LogP contribution in [0.5, 0.6) is 0 Å². The van der Waals surface area contributed by atoms with Gasteiger partial charge >= 0.3 is 0 Å². The first-order chi connectivity index (χ1) is 13.6. The first-order valence-electron chi connectivity index (χ1n) is 9.38. The molecule has 0 unspecified atom stereocenters. The van der Waals surface area contributed by atoms with Crippen LogP contribution in [0.25, 0.3) is 11.3 Å². The van der Waals surface area contributed by atoms with Crippen LogP contribution in [-0.4, -0.2) is 47.0 Å². The number of carbonyl (C=O) groups excluding carboxylic acids is 1. The smallest absolute Gasteiger partial charge is 0.276 e. The third-order valence-corrected chi connectivity index (χ3v) is 5.04. The maximum Gasteiger partial charge on any atom is 0.276 e. The maximum absolute atomic E-state index is 13.0. The molecule has 0 saturated carbocycles. The Kier molecular flexibility index (Phi) is 5.21. The zero-order valence-corrected chi connectivity index (χ0v) is 15.8. The fourth-order valence-electron chi connectivity index (χ4n) is 3.35. The largest absolute Gasteiger partial charge is 0.355 e. The van der Waals surface area contributed by atoms with Gasteiger partial charge in [0.15, 0.2) is 11.5 Å². The van der Waals surface area contributed by atoms with Gasteiger partial charge in [0.1, 0.15) is 5.82 Å². The third-order valence-electron chi connectivity index (χ3n) is 5.04. The fourth-order valence-corrected chi connectivity index (χ4v) is 3.35. The van der Waals surface area contributed by atoms with Gasteiger partial charge in [0.05, 0.1) is 0 Å². The van der Waals surface area contributed by atoms with Crippen molar-refractivity contribution in [1.82, 2.24) is 15.0 Å². The molecule has 1 fully saturated rings. The van der Waals surface area contributed by atoms with E-state index in [1.165, 1.54) is 12.1 Å². The number of hydrogen-bond donors (Lipinski definition) is 0. The predicted octanol–water partition coefficient (Wildman–Crippen LogP) is 3.75. The Balaban J connectivity index is 1.35. The van der Waals surface area contributed by atoms with Gasteiger partial charge in [-0.05, 0) is 24.6 Å². The van der Waals surface area contributed by atoms with Crippen LogP contribution in [0.4, 0.5) is 4.39 Å². The minimum absolute atomic E-state index is 0.108. The quantitative estimate of drug-likeness (QED) is 0.693. The summed E-state index contributed by atoms with van der Waals surface area (Å²) >= 11 is 0. The minimum atomic E-state index is -0.225. The fraction of sp³-hybridized carbons (Fsp3) is 0.273. The molecular formula is C22H22FN3O2. The highest BCUT2D eigenvalue weighted by Gasteiger charge is 2.24. The van der Waals surface area contributed by atoms with Gasteiger partial charge in [-0.25, -0.2) is 4.39 Å². The predicted molar refractivity (Wildman–Crippen MR) is 104 cm³/mol. The van der Waals surface area contributed by atoms with Crippen LogP contribution in [0.2, 0.25) is 0 Å². The van der Waals surface area contributed by atoms with Gasteiger partial charge in [0, 0.05) is 44.4 Å². The van der Waals surface area contributed by atoms with Crippen LogP contribution < -0.4 is 0 Å². The molecule has 0 spiro atoms. The number of amides is 1. The highest BCUT2D eigenvalue weighted by Crippen LogP contribution is 2.22. The van der Waals surface area contributed by atoms with Crippen molar-refractivity contribution >= 4 is 5.91 Å². The molecule has 5 nitrogen and oxygen atoms in total. The summed E-state index contributed by atoms with van der Waals surface area (Å²) in [6.45, 7) is 5.58. The summed E-state index contributed by atoms with van der Waals surface area (Å²) in [7, 11) is 0. The summed E-state index contributed by atoms with van der Waals surface area (Å²) in [6, 6.07) is 16.2. The van der Waals surface area contributed by atoms with E-state index < -0.39 is 0 Å². The molecule has 28 heavy (non-hydrogen) atoms. The van der Waals surface area contributed by atoms with Gasteiger partial charge < -0.3 is 9.42 Å². The Bertz CT molecular complexity index is 943.